The molecule has 2 heterocycles. The number of hydroxylamine groups is 2. The van der Waals surface area contributed by atoms with Crippen molar-refractivity contribution >= 4 is 11.7 Å². The summed E-state index contributed by atoms with van der Waals surface area (Å²) in [6.07, 6.45) is 0. The molecule has 0 aromatic heterocycles. The molecule has 0 spiro atoms. The molecular formula is C23H25NO5. The van der Waals surface area contributed by atoms with Crippen LogP contribution >= 0.6 is 0 Å². The largest absolute Gasteiger partial charge is 0.462 e. The molecule has 6 heteroatoms. The number of likely N-dealkylation sites (N-methyl/N-ethyl adjacent to an activating group) is 1. The third kappa shape index (κ3) is 3.34. The first kappa shape index (κ1) is 19.3. The smallest absolute Gasteiger partial charge is 0.340 e. The second kappa shape index (κ2) is 7.44. The molecule has 1 unspecified atom stereocenters. The number of hydrogen-bond acceptors (Lipinski definition) is 6. The molecule has 0 aliphatic carbocycles. The fraction of sp³-hybridized carbons (Fsp3) is 0.348. The molecule has 0 fully saturated rings. The molecule has 2 aliphatic heterocycles. The Bertz CT molecular complexity index is 987. The molecule has 0 N–H and O–H groups in total. The first-order chi connectivity index (χ1) is 13.9. The van der Waals surface area contributed by atoms with Gasteiger partial charge < -0.3 is 19.0 Å². The van der Waals surface area contributed by atoms with Crippen LogP contribution < -0.4 is 9.47 Å². The molecule has 0 bridgehead atoms. The number of benzene rings is 2. The zero-order valence-corrected chi connectivity index (χ0v) is 17.4. The molecule has 2 aromatic rings. The van der Waals surface area contributed by atoms with Gasteiger partial charge >= 0.3 is 5.97 Å². The van der Waals surface area contributed by atoms with Crippen LogP contribution in [0, 0.1) is 20.8 Å². The van der Waals surface area contributed by atoms with Gasteiger partial charge in [0.25, 0.3) is 0 Å². The number of rotatable bonds is 4. The molecule has 4 rings (SSSR count). The number of carbonyl (C=O) groups excluding carboxylic acids is 1. The van der Waals surface area contributed by atoms with Crippen LogP contribution in [0.4, 0.5) is 0 Å². The van der Waals surface area contributed by atoms with Crippen molar-refractivity contribution in [1.29, 1.82) is 0 Å². The van der Waals surface area contributed by atoms with Crippen molar-refractivity contribution < 1.29 is 23.8 Å². The predicted molar refractivity (Wildman–Crippen MR) is 108 cm³/mol. The van der Waals surface area contributed by atoms with Gasteiger partial charge in [-0.1, -0.05) is 12.1 Å². The number of nitrogens with zero attached hydrogens (tertiary/aromatic N) is 1. The van der Waals surface area contributed by atoms with Crippen molar-refractivity contribution in [1.82, 2.24) is 5.06 Å². The van der Waals surface area contributed by atoms with Crippen LogP contribution in [-0.2, 0) is 14.4 Å². The maximum Gasteiger partial charge on any atom is 0.340 e. The second-order valence-corrected chi connectivity index (χ2v) is 7.35. The van der Waals surface area contributed by atoms with E-state index in [9.17, 15) is 4.79 Å². The average molecular weight is 395 g/mol. The lowest BCUT2D eigenvalue weighted by Gasteiger charge is -2.22. The van der Waals surface area contributed by atoms with E-state index in [1.807, 2.05) is 25.2 Å². The van der Waals surface area contributed by atoms with Crippen LogP contribution in [0.2, 0.25) is 0 Å². The minimum atomic E-state index is -0.384. The molecule has 0 saturated carbocycles. The molecule has 2 aliphatic rings. The summed E-state index contributed by atoms with van der Waals surface area (Å²) in [6.45, 7) is 8.53. The Morgan fingerprint density at radius 1 is 1.10 bits per heavy atom. The van der Waals surface area contributed by atoms with Gasteiger partial charge in [0.05, 0.1) is 6.61 Å². The highest BCUT2D eigenvalue weighted by Gasteiger charge is 2.40. The van der Waals surface area contributed by atoms with E-state index in [1.54, 1.807) is 12.0 Å². The summed E-state index contributed by atoms with van der Waals surface area (Å²) in [4.78, 5) is 19.1. The van der Waals surface area contributed by atoms with E-state index >= 15 is 0 Å². The van der Waals surface area contributed by atoms with Crippen molar-refractivity contribution in [2.75, 3.05) is 20.4 Å². The normalized spacial score (nSPS) is 18.2. The number of ether oxygens (including phenoxy) is 3. The fourth-order valence-electron chi connectivity index (χ4n) is 3.81. The summed E-state index contributed by atoms with van der Waals surface area (Å²) in [6, 6.07) is 9.36. The van der Waals surface area contributed by atoms with E-state index in [1.165, 1.54) is 16.7 Å². The van der Waals surface area contributed by atoms with Gasteiger partial charge in [0.15, 0.2) is 17.3 Å². The van der Waals surface area contributed by atoms with E-state index in [0.29, 0.717) is 29.4 Å². The maximum absolute atomic E-state index is 13.0. The molecule has 29 heavy (non-hydrogen) atoms. The monoisotopic (exact) mass is 395 g/mol. The van der Waals surface area contributed by atoms with Crippen LogP contribution in [-0.4, -0.2) is 31.5 Å². The van der Waals surface area contributed by atoms with Gasteiger partial charge in [0.2, 0.25) is 6.79 Å². The number of fused-ring (bicyclic) bond motifs is 1. The molecular weight excluding hydrogens is 370 g/mol. The average Bonchev–Trinajstić information content (AvgIpc) is 3.29. The quantitative estimate of drug-likeness (QED) is 0.722. The summed E-state index contributed by atoms with van der Waals surface area (Å²) in [5, 5.41) is 1.70. The first-order valence-corrected chi connectivity index (χ1v) is 9.70. The fourth-order valence-corrected chi connectivity index (χ4v) is 3.81. The van der Waals surface area contributed by atoms with E-state index in [0.717, 1.165) is 11.1 Å². The highest BCUT2D eigenvalue weighted by atomic mass is 16.7. The van der Waals surface area contributed by atoms with Crippen molar-refractivity contribution in [2.24, 2.45) is 0 Å². The molecule has 2 aromatic carbocycles. The first-order valence-electron chi connectivity index (χ1n) is 9.70. The van der Waals surface area contributed by atoms with Gasteiger partial charge in [-0.05, 0) is 68.1 Å². The zero-order chi connectivity index (χ0) is 20.7. The predicted octanol–water partition coefficient (Wildman–Crippen LogP) is 4.23. The Balaban J connectivity index is 1.86. The summed E-state index contributed by atoms with van der Waals surface area (Å²) in [5.41, 5.74) is 5.81. The topological polar surface area (TPSA) is 57.2 Å². The van der Waals surface area contributed by atoms with Crippen LogP contribution in [0.15, 0.2) is 35.9 Å². The Morgan fingerprint density at radius 3 is 2.48 bits per heavy atom. The number of esters is 1. The van der Waals surface area contributed by atoms with Gasteiger partial charge in [-0.25, -0.2) is 4.79 Å². The highest BCUT2D eigenvalue weighted by Crippen LogP contribution is 2.44. The Kier molecular flexibility index (Phi) is 4.96. The molecule has 1 atom stereocenters. The summed E-state index contributed by atoms with van der Waals surface area (Å²) in [5.74, 6) is 1.41. The summed E-state index contributed by atoms with van der Waals surface area (Å²) < 4.78 is 16.3. The van der Waals surface area contributed by atoms with Crippen LogP contribution in [0.1, 0.15) is 40.8 Å². The molecule has 0 amide bonds. The second-order valence-electron chi connectivity index (χ2n) is 7.35. The molecule has 0 saturated heterocycles. The molecule has 152 valence electrons. The van der Waals surface area contributed by atoms with Gasteiger partial charge in [-0.2, -0.15) is 0 Å². The lowest BCUT2D eigenvalue weighted by molar-refractivity contribution is -0.139. The van der Waals surface area contributed by atoms with E-state index in [4.69, 9.17) is 19.0 Å². The maximum atomic E-state index is 13.0. The van der Waals surface area contributed by atoms with Gasteiger partial charge in [-0.3, -0.25) is 0 Å². The lowest BCUT2D eigenvalue weighted by Crippen LogP contribution is -2.23. The van der Waals surface area contributed by atoms with Crippen molar-refractivity contribution in [3.63, 3.8) is 0 Å². The third-order valence-corrected chi connectivity index (χ3v) is 5.51. The Hall–Kier alpha value is -2.99. The summed E-state index contributed by atoms with van der Waals surface area (Å²) in [7, 11) is 1.83. The van der Waals surface area contributed by atoms with Crippen molar-refractivity contribution in [3.05, 3.63) is 63.7 Å². The summed E-state index contributed by atoms with van der Waals surface area (Å²) >= 11 is 0. The van der Waals surface area contributed by atoms with Crippen LogP contribution in [0.5, 0.6) is 11.5 Å². The molecule has 6 nitrogen and oxygen atoms in total. The van der Waals surface area contributed by atoms with E-state index in [-0.39, 0.29) is 18.8 Å². The van der Waals surface area contributed by atoms with E-state index < -0.39 is 0 Å². The SMILES string of the molecule is CCOC(=O)C1=C(c2ccc3c(c2)OCO3)ON(C)C1c1cc(C)c(C)c(C)c1. The lowest BCUT2D eigenvalue weighted by atomic mass is 9.91. The van der Waals surface area contributed by atoms with Gasteiger partial charge in [0, 0.05) is 12.6 Å². The van der Waals surface area contributed by atoms with Crippen LogP contribution in [0.3, 0.4) is 0 Å². The van der Waals surface area contributed by atoms with E-state index in [2.05, 4.69) is 32.9 Å². The van der Waals surface area contributed by atoms with Crippen molar-refractivity contribution in [3.8, 4) is 11.5 Å². The Labute approximate surface area is 170 Å². The Morgan fingerprint density at radius 2 is 1.79 bits per heavy atom. The highest BCUT2D eigenvalue weighted by molar-refractivity contribution is 5.98. The standard InChI is InChI=1S/C23H25NO5/c1-6-26-23(25)20-21(17-9-13(2)15(4)14(3)10-17)24(5)29-22(20)16-7-8-18-19(11-16)28-12-27-18/h7-11,21H,6,12H2,1-5H3. The minimum absolute atomic E-state index is 0.188. The van der Waals surface area contributed by atoms with Gasteiger partial charge in [-0.15, -0.1) is 5.06 Å². The van der Waals surface area contributed by atoms with Gasteiger partial charge in [0.1, 0.15) is 11.6 Å². The number of hydrogen-bond donors (Lipinski definition) is 0. The molecule has 0 radical (unpaired) electrons. The minimum Gasteiger partial charge on any atom is -0.462 e. The van der Waals surface area contributed by atoms with Crippen LogP contribution in [0.25, 0.3) is 5.76 Å². The van der Waals surface area contributed by atoms with Crippen molar-refractivity contribution in [2.45, 2.75) is 33.7 Å². The zero-order valence-electron chi connectivity index (χ0n) is 17.4. The number of carbonyl (C=O) groups is 1. The third-order valence-electron chi connectivity index (χ3n) is 5.51. The number of aryl methyl sites for hydroxylation is 2.